The molecule has 1 aromatic carbocycles. The number of anilines is 1. The van der Waals surface area contributed by atoms with Gasteiger partial charge in [0, 0.05) is 61.6 Å². The van der Waals surface area contributed by atoms with Crippen LogP contribution in [-0.2, 0) is 0 Å². The molecular weight excluding hydrogens is 346 g/mol. The van der Waals surface area contributed by atoms with Gasteiger partial charge in [0.2, 0.25) is 0 Å². The van der Waals surface area contributed by atoms with Crippen LogP contribution in [0, 0.1) is 17.0 Å². The predicted molar refractivity (Wildman–Crippen MR) is 102 cm³/mol. The maximum atomic E-state index is 12.6. The van der Waals surface area contributed by atoms with Gasteiger partial charge in [-0.2, -0.15) is 0 Å². The van der Waals surface area contributed by atoms with Gasteiger partial charge in [0.25, 0.3) is 11.6 Å². The lowest BCUT2D eigenvalue weighted by Crippen LogP contribution is -2.49. The van der Waals surface area contributed by atoms with Crippen molar-refractivity contribution in [3.05, 3.63) is 57.5 Å². The van der Waals surface area contributed by atoms with Crippen molar-refractivity contribution >= 4 is 17.4 Å². The average Bonchev–Trinajstić information content (AvgIpc) is 2.67. The van der Waals surface area contributed by atoms with Crippen LogP contribution in [0.5, 0.6) is 0 Å². The molecule has 1 aliphatic rings. The summed E-state index contributed by atoms with van der Waals surface area (Å²) in [5.41, 5.74) is 1.39. The van der Waals surface area contributed by atoms with Crippen LogP contribution < -0.4 is 4.90 Å². The number of nitrogens with zero attached hydrogens (tertiary/aromatic N) is 5. The molecule has 27 heavy (non-hydrogen) atoms. The molecule has 142 valence electrons. The zero-order valence-corrected chi connectivity index (χ0v) is 15.8. The number of hydrogen-bond donors (Lipinski definition) is 0. The zero-order valence-electron chi connectivity index (χ0n) is 15.8. The van der Waals surface area contributed by atoms with E-state index in [9.17, 15) is 14.9 Å². The molecule has 1 aromatic heterocycles. The van der Waals surface area contributed by atoms with E-state index in [4.69, 9.17) is 0 Å². The third-order valence-electron chi connectivity index (χ3n) is 4.59. The van der Waals surface area contributed by atoms with Gasteiger partial charge in [-0.3, -0.25) is 14.9 Å². The third kappa shape index (κ3) is 4.21. The van der Waals surface area contributed by atoms with Gasteiger partial charge >= 0.3 is 0 Å². The van der Waals surface area contributed by atoms with Gasteiger partial charge in [-0.15, -0.1) is 0 Å². The number of amides is 1. The largest absolute Gasteiger partial charge is 0.353 e. The average molecular weight is 369 g/mol. The van der Waals surface area contributed by atoms with E-state index in [1.807, 2.05) is 13.0 Å². The highest BCUT2D eigenvalue weighted by molar-refractivity contribution is 5.94. The smallest absolute Gasteiger partial charge is 0.269 e. The minimum Gasteiger partial charge on any atom is -0.353 e. The summed E-state index contributed by atoms with van der Waals surface area (Å²) in [4.78, 5) is 36.0. The van der Waals surface area contributed by atoms with Crippen molar-refractivity contribution in [1.29, 1.82) is 0 Å². The Labute approximate surface area is 158 Å². The molecule has 0 saturated carbocycles. The molecule has 1 amide bonds. The van der Waals surface area contributed by atoms with E-state index in [-0.39, 0.29) is 17.5 Å². The standard InChI is InChI=1S/C19H23N5O3/c1-13(2)18-20-14(3)12-17(21-18)22-8-10-23(11-9-22)19(25)15-4-6-16(7-5-15)24(26)27/h4-7,12-13H,8-11H2,1-3H3. The lowest BCUT2D eigenvalue weighted by molar-refractivity contribution is -0.384. The molecule has 8 nitrogen and oxygen atoms in total. The Hall–Kier alpha value is -3.03. The molecule has 0 spiro atoms. The van der Waals surface area contributed by atoms with Gasteiger partial charge in [-0.25, -0.2) is 9.97 Å². The molecule has 1 aliphatic heterocycles. The van der Waals surface area contributed by atoms with Crippen LogP contribution in [0.4, 0.5) is 11.5 Å². The first kappa shape index (κ1) is 18.8. The molecule has 2 heterocycles. The number of aryl methyl sites for hydroxylation is 1. The summed E-state index contributed by atoms with van der Waals surface area (Å²) in [5, 5.41) is 10.7. The van der Waals surface area contributed by atoms with E-state index < -0.39 is 4.92 Å². The second-order valence-corrected chi connectivity index (χ2v) is 6.96. The molecule has 0 unspecified atom stereocenters. The van der Waals surface area contributed by atoms with Crippen molar-refractivity contribution in [2.45, 2.75) is 26.7 Å². The van der Waals surface area contributed by atoms with Gasteiger partial charge in [-0.05, 0) is 19.1 Å². The number of benzene rings is 1. The van der Waals surface area contributed by atoms with Crippen molar-refractivity contribution in [3.63, 3.8) is 0 Å². The van der Waals surface area contributed by atoms with Crippen molar-refractivity contribution in [2.24, 2.45) is 0 Å². The first-order valence-corrected chi connectivity index (χ1v) is 8.99. The number of nitro groups is 1. The number of non-ortho nitro benzene ring substituents is 1. The quantitative estimate of drug-likeness (QED) is 0.608. The van der Waals surface area contributed by atoms with Crippen LogP contribution in [-0.4, -0.2) is 51.9 Å². The number of carbonyl (C=O) groups is 1. The molecule has 0 aliphatic carbocycles. The molecular formula is C19H23N5O3. The van der Waals surface area contributed by atoms with Crippen LogP contribution in [0.3, 0.4) is 0 Å². The fraction of sp³-hybridized carbons (Fsp3) is 0.421. The number of piperazine rings is 1. The van der Waals surface area contributed by atoms with Crippen LogP contribution in [0.2, 0.25) is 0 Å². The van der Waals surface area contributed by atoms with Crippen molar-refractivity contribution in [1.82, 2.24) is 14.9 Å². The zero-order chi connectivity index (χ0) is 19.6. The third-order valence-corrected chi connectivity index (χ3v) is 4.59. The fourth-order valence-corrected chi connectivity index (χ4v) is 3.04. The molecule has 2 aromatic rings. The SMILES string of the molecule is Cc1cc(N2CCN(C(=O)c3ccc([N+](=O)[O-])cc3)CC2)nc(C(C)C)n1. The molecule has 0 N–H and O–H groups in total. The van der Waals surface area contributed by atoms with Crippen LogP contribution in [0.15, 0.2) is 30.3 Å². The van der Waals surface area contributed by atoms with Gasteiger partial charge < -0.3 is 9.80 Å². The van der Waals surface area contributed by atoms with E-state index in [1.54, 1.807) is 4.90 Å². The van der Waals surface area contributed by atoms with Crippen LogP contribution in [0.1, 0.15) is 41.6 Å². The topological polar surface area (TPSA) is 92.5 Å². The lowest BCUT2D eigenvalue weighted by atomic mass is 10.1. The van der Waals surface area contributed by atoms with Gasteiger partial charge in [0.05, 0.1) is 4.92 Å². The lowest BCUT2D eigenvalue weighted by Gasteiger charge is -2.35. The van der Waals surface area contributed by atoms with Crippen molar-refractivity contribution in [2.75, 3.05) is 31.1 Å². The van der Waals surface area contributed by atoms with E-state index in [0.717, 1.165) is 17.3 Å². The fourth-order valence-electron chi connectivity index (χ4n) is 3.04. The Bertz CT molecular complexity index is 843. The highest BCUT2D eigenvalue weighted by Gasteiger charge is 2.24. The Kier molecular flexibility index (Phi) is 5.34. The van der Waals surface area contributed by atoms with E-state index in [0.29, 0.717) is 31.7 Å². The van der Waals surface area contributed by atoms with E-state index in [2.05, 4.69) is 28.7 Å². The Balaban J connectivity index is 1.66. The molecule has 3 rings (SSSR count). The van der Waals surface area contributed by atoms with Gasteiger partial charge in [0.1, 0.15) is 11.6 Å². The molecule has 1 fully saturated rings. The predicted octanol–water partition coefficient (Wildman–Crippen LogP) is 2.78. The molecule has 1 saturated heterocycles. The summed E-state index contributed by atoms with van der Waals surface area (Å²) >= 11 is 0. The Morgan fingerprint density at radius 3 is 2.30 bits per heavy atom. The number of aromatic nitrogens is 2. The highest BCUT2D eigenvalue weighted by atomic mass is 16.6. The van der Waals surface area contributed by atoms with Crippen molar-refractivity contribution in [3.8, 4) is 0 Å². The second-order valence-electron chi connectivity index (χ2n) is 6.96. The first-order chi connectivity index (χ1) is 12.8. The van der Waals surface area contributed by atoms with E-state index >= 15 is 0 Å². The molecule has 0 radical (unpaired) electrons. The van der Waals surface area contributed by atoms with Gasteiger partial charge in [-0.1, -0.05) is 13.8 Å². The summed E-state index contributed by atoms with van der Waals surface area (Å²) in [6.45, 7) is 8.63. The molecule has 0 atom stereocenters. The summed E-state index contributed by atoms with van der Waals surface area (Å²) in [6, 6.07) is 7.71. The summed E-state index contributed by atoms with van der Waals surface area (Å²) in [6.07, 6.45) is 0. The number of carbonyl (C=O) groups excluding carboxylic acids is 1. The normalized spacial score (nSPS) is 14.5. The number of rotatable bonds is 4. The Morgan fingerprint density at radius 1 is 1.11 bits per heavy atom. The molecule has 0 bridgehead atoms. The van der Waals surface area contributed by atoms with E-state index in [1.165, 1.54) is 24.3 Å². The highest BCUT2D eigenvalue weighted by Crippen LogP contribution is 2.20. The monoisotopic (exact) mass is 369 g/mol. The minimum atomic E-state index is -0.470. The summed E-state index contributed by atoms with van der Waals surface area (Å²) < 4.78 is 0. The first-order valence-electron chi connectivity index (χ1n) is 8.99. The maximum absolute atomic E-state index is 12.6. The number of hydrogen-bond acceptors (Lipinski definition) is 6. The molecule has 8 heteroatoms. The second kappa shape index (κ2) is 7.69. The maximum Gasteiger partial charge on any atom is 0.269 e. The van der Waals surface area contributed by atoms with Crippen molar-refractivity contribution < 1.29 is 9.72 Å². The van der Waals surface area contributed by atoms with Crippen LogP contribution in [0.25, 0.3) is 0 Å². The minimum absolute atomic E-state index is 0.0172. The number of nitro benzene ring substituents is 1. The summed E-state index contributed by atoms with van der Waals surface area (Å²) in [7, 11) is 0. The van der Waals surface area contributed by atoms with Crippen LogP contribution >= 0.6 is 0 Å². The Morgan fingerprint density at radius 2 is 1.74 bits per heavy atom. The summed E-state index contributed by atoms with van der Waals surface area (Å²) in [5.74, 6) is 1.88. The van der Waals surface area contributed by atoms with Gasteiger partial charge in [0.15, 0.2) is 0 Å².